The van der Waals surface area contributed by atoms with Crippen molar-refractivity contribution in [2.24, 2.45) is 10.2 Å². The lowest BCUT2D eigenvalue weighted by Gasteiger charge is -2.02. The van der Waals surface area contributed by atoms with Gasteiger partial charge in [-0.05, 0) is 18.4 Å². The molecule has 0 atom stereocenters. The molecule has 0 radical (unpaired) electrons. The second-order valence-electron chi connectivity index (χ2n) is 4.04. The molecule has 21 heavy (non-hydrogen) atoms. The van der Waals surface area contributed by atoms with E-state index in [1.807, 2.05) is 6.26 Å². The molecule has 2 aromatic heterocycles. The minimum atomic E-state index is -0.528. The zero-order valence-electron chi connectivity index (χ0n) is 10.9. The molecule has 0 unspecified atom stereocenters. The highest BCUT2D eigenvalue weighted by atomic mass is 32.2. The lowest BCUT2D eigenvalue weighted by molar-refractivity contribution is 0.481. The van der Waals surface area contributed by atoms with Gasteiger partial charge in [0.15, 0.2) is 11.4 Å². The first kappa shape index (κ1) is 13.3. The smallest absolute Gasteiger partial charge is 0.280 e. The molecule has 8 nitrogen and oxygen atoms in total. The first-order valence-electron chi connectivity index (χ1n) is 5.91. The van der Waals surface area contributed by atoms with Crippen LogP contribution in [0.4, 0.5) is 11.6 Å². The molecule has 9 heteroatoms. The number of benzene rings is 1. The lowest BCUT2D eigenvalue weighted by Crippen LogP contribution is -2.04. The average molecular weight is 302 g/mol. The quantitative estimate of drug-likeness (QED) is 0.507. The van der Waals surface area contributed by atoms with Crippen molar-refractivity contribution in [1.29, 1.82) is 0 Å². The highest BCUT2D eigenvalue weighted by Gasteiger charge is 2.11. The van der Waals surface area contributed by atoms with Crippen molar-refractivity contribution < 1.29 is 5.11 Å². The van der Waals surface area contributed by atoms with Gasteiger partial charge in [0, 0.05) is 5.39 Å². The van der Waals surface area contributed by atoms with Crippen molar-refractivity contribution in [2.75, 3.05) is 6.26 Å². The van der Waals surface area contributed by atoms with Crippen molar-refractivity contribution in [3.63, 3.8) is 0 Å². The Morgan fingerprint density at radius 3 is 2.86 bits per heavy atom. The van der Waals surface area contributed by atoms with Crippen LogP contribution in [0.1, 0.15) is 0 Å². The number of nitrogens with one attached hydrogen (secondary N) is 2. The van der Waals surface area contributed by atoms with Crippen LogP contribution < -0.4 is 5.56 Å². The molecule has 0 fully saturated rings. The molecule has 0 saturated heterocycles. The monoisotopic (exact) mass is 302 g/mol. The molecule has 0 bridgehead atoms. The van der Waals surface area contributed by atoms with Gasteiger partial charge in [-0.25, -0.2) is 5.10 Å². The molecule has 0 amide bonds. The fourth-order valence-electron chi connectivity index (χ4n) is 1.78. The summed E-state index contributed by atoms with van der Waals surface area (Å²) in [6, 6.07) is 6.89. The van der Waals surface area contributed by atoms with E-state index in [0.29, 0.717) is 16.1 Å². The predicted molar refractivity (Wildman–Crippen MR) is 78.6 cm³/mol. The summed E-state index contributed by atoms with van der Waals surface area (Å²) in [6.45, 7) is 0. The molecule has 3 aromatic rings. The maximum absolute atomic E-state index is 11.9. The van der Waals surface area contributed by atoms with Gasteiger partial charge >= 0.3 is 0 Å². The molecule has 0 spiro atoms. The molecular weight excluding hydrogens is 292 g/mol. The molecule has 3 N–H and O–H groups in total. The summed E-state index contributed by atoms with van der Waals surface area (Å²) >= 11 is 1.35. The van der Waals surface area contributed by atoms with Crippen molar-refractivity contribution in [2.45, 2.75) is 5.16 Å². The number of nitrogens with zero attached hydrogens (tertiary/aromatic N) is 4. The van der Waals surface area contributed by atoms with Gasteiger partial charge in [-0.1, -0.05) is 23.9 Å². The standard InChI is InChI=1S/C12H10N6O2S/c1-21-12-14-11(17-18-12)16-15-8-9(19)6-4-2-3-5-7(6)13-10(8)20/h2-5H,1H3,(H2,13,19,20)(H,14,17,18). The maximum atomic E-state index is 11.9. The Morgan fingerprint density at radius 2 is 2.10 bits per heavy atom. The van der Waals surface area contributed by atoms with Crippen LogP contribution in [-0.2, 0) is 0 Å². The number of thioether (sulfide) groups is 1. The minimum absolute atomic E-state index is 0.159. The van der Waals surface area contributed by atoms with Crippen LogP contribution in [0.25, 0.3) is 10.9 Å². The number of hydrogen-bond donors (Lipinski definition) is 3. The fourth-order valence-corrected chi connectivity index (χ4v) is 2.09. The third kappa shape index (κ3) is 2.50. The summed E-state index contributed by atoms with van der Waals surface area (Å²) in [6.07, 6.45) is 1.82. The van der Waals surface area contributed by atoms with Crippen LogP contribution in [0, 0.1) is 0 Å². The number of rotatable bonds is 3. The third-order valence-corrected chi connectivity index (χ3v) is 3.30. The summed E-state index contributed by atoms with van der Waals surface area (Å²) in [5, 5.41) is 25.1. The molecule has 1 aromatic carbocycles. The van der Waals surface area contributed by atoms with Crippen LogP contribution in [0.2, 0.25) is 0 Å². The predicted octanol–water partition coefficient (Wildman–Crippen LogP) is 2.49. The number of aromatic hydroxyl groups is 1. The first-order valence-corrected chi connectivity index (χ1v) is 7.13. The van der Waals surface area contributed by atoms with Gasteiger partial charge in [0.2, 0.25) is 5.16 Å². The number of fused-ring (bicyclic) bond motifs is 1. The van der Waals surface area contributed by atoms with Crippen molar-refractivity contribution in [3.05, 3.63) is 34.6 Å². The van der Waals surface area contributed by atoms with E-state index in [1.165, 1.54) is 11.8 Å². The highest BCUT2D eigenvalue weighted by molar-refractivity contribution is 7.98. The van der Waals surface area contributed by atoms with Crippen LogP contribution in [0.5, 0.6) is 5.75 Å². The molecule has 0 saturated carbocycles. The number of azo groups is 1. The van der Waals surface area contributed by atoms with E-state index in [9.17, 15) is 9.90 Å². The van der Waals surface area contributed by atoms with Gasteiger partial charge < -0.3 is 10.1 Å². The Balaban J connectivity index is 2.06. The van der Waals surface area contributed by atoms with E-state index in [2.05, 4.69) is 30.4 Å². The number of H-pyrrole nitrogens is 2. The molecule has 3 rings (SSSR count). The second-order valence-corrected chi connectivity index (χ2v) is 4.82. The largest absolute Gasteiger partial charge is 0.505 e. The molecule has 0 aliphatic rings. The fraction of sp³-hybridized carbons (Fsp3) is 0.0833. The number of aromatic amines is 2. The average Bonchev–Trinajstić information content (AvgIpc) is 2.95. The minimum Gasteiger partial charge on any atom is -0.505 e. The number of pyridine rings is 1. The van der Waals surface area contributed by atoms with Gasteiger partial charge in [0.1, 0.15) is 0 Å². The Labute approximate surface area is 122 Å². The topological polar surface area (TPSA) is 119 Å². The van der Waals surface area contributed by atoms with Gasteiger partial charge in [-0.3, -0.25) is 4.79 Å². The SMILES string of the molecule is CSc1n[nH]c(N=Nc2c(O)c3ccccc3[nH]c2=O)n1. The van der Waals surface area contributed by atoms with Gasteiger partial charge in [0.05, 0.1) is 5.52 Å². The second kappa shape index (κ2) is 5.37. The summed E-state index contributed by atoms with van der Waals surface area (Å²) in [4.78, 5) is 18.6. The van der Waals surface area contributed by atoms with E-state index in [4.69, 9.17) is 0 Å². The van der Waals surface area contributed by atoms with E-state index in [-0.39, 0.29) is 17.4 Å². The van der Waals surface area contributed by atoms with Crippen LogP contribution in [0.15, 0.2) is 44.4 Å². The van der Waals surface area contributed by atoms with Crippen molar-refractivity contribution in [1.82, 2.24) is 20.2 Å². The number of para-hydroxylation sites is 1. The van der Waals surface area contributed by atoms with Crippen LogP contribution in [0.3, 0.4) is 0 Å². The summed E-state index contributed by atoms with van der Waals surface area (Å²) in [5.74, 6) is -0.0611. The number of aromatic nitrogens is 4. The Morgan fingerprint density at radius 1 is 1.29 bits per heavy atom. The highest BCUT2D eigenvalue weighted by Crippen LogP contribution is 2.30. The molecular formula is C12H10N6O2S. The first-order chi connectivity index (χ1) is 10.2. The lowest BCUT2D eigenvalue weighted by atomic mass is 10.2. The zero-order valence-corrected chi connectivity index (χ0v) is 11.7. The zero-order chi connectivity index (χ0) is 14.8. The van der Waals surface area contributed by atoms with Crippen LogP contribution in [-0.4, -0.2) is 31.5 Å². The van der Waals surface area contributed by atoms with E-state index >= 15 is 0 Å². The summed E-state index contributed by atoms with van der Waals surface area (Å²) in [5.41, 5.74) is -0.168. The normalized spacial score (nSPS) is 11.5. The Bertz CT molecular complexity index is 885. The molecule has 0 aliphatic carbocycles. The number of hydrogen-bond acceptors (Lipinski definition) is 7. The summed E-state index contributed by atoms with van der Waals surface area (Å²) < 4.78 is 0. The van der Waals surface area contributed by atoms with E-state index in [0.717, 1.165) is 0 Å². The molecule has 0 aliphatic heterocycles. The van der Waals surface area contributed by atoms with Gasteiger partial charge in [0.25, 0.3) is 11.5 Å². The summed E-state index contributed by atoms with van der Waals surface area (Å²) in [7, 11) is 0. The van der Waals surface area contributed by atoms with E-state index in [1.54, 1.807) is 24.3 Å². The Hall–Kier alpha value is -2.68. The van der Waals surface area contributed by atoms with Crippen molar-refractivity contribution in [3.8, 4) is 5.75 Å². The van der Waals surface area contributed by atoms with Gasteiger partial charge in [-0.15, -0.1) is 15.3 Å². The third-order valence-electron chi connectivity index (χ3n) is 2.75. The van der Waals surface area contributed by atoms with Crippen LogP contribution >= 0.6 is 11.8 Å². The van der Waals surface area contributed by atoms with E-state index < -0.39 is 5.56 Å². The maximum Gasteiger partial charge on any atom is 0.280 e. The molecule has 106 valence electrons. The van der Waals surface area contributed by atoms with Crippen molar-refractivity contribution >= 4 is 34.3 Å². The van der Waals surface area contributed by atoms with Gasteiger partial charge in [-0.2, -0.15) is 4.98 Å². The molecule has 2 heterocycles. The Kier molecular flexibility index (Phi) is 3.40.